The van der Waals surface area contributed by atoms with Gasteiger partial charge in [0.1, 0.15) is 0 Å². The van der Waals surface area contributed by atoms with E-state index in [4.69, 9.17) is 11.6 Å². The first-order valence-corrected chi connectivity index (χ1v) is 13.8. The maximum Gasteiger partial charge on any atom is 0.175 e. The van der Waals surface area contributed by atoms with E-state index in [9.17, 15) is 8.42 Å². The highest BCUT2D eigenvalue weighted by molar-refractivity contribution is 7.90. The predicted molar refractivity (Wildman–Crippen MR) is 151 cm³/mol. The standard InChI is InChI=1S/C30H29ClN2O2S/c1-20(33-23-13-16-28(31)27(18-23)29-8-6-7-17-32-29)25-15-14-24(36(5,34)35)19-26(25)21-9-11-22(12-10-21)30(2,3)4/h6-19,33H,1H2,2-5H3. The quantitative estimate of drug-likeness (QED) is 0.283. The van der Waals surface area contributed by atoms with Crippen molar-refractivity contribution in [2.24, 2.45) is 0 Å². The Bertz CT molecular complexity index is 1520. The van der Waals surface area contributed by atoms with E-state index in [0.717, 1.165) is 33.6 Å². The Labute approximate surface area is 218 Å². The number of benzene rings is 3. The normalized spacial score (nSPS) is 11.8. The zero-order chi connectivity index (χ0) is 26.1. The molecule has 6 heteroatoms. The van der Waals surface area contributed by atoms with Crippen LogP contribution in [0.1, 0.15) is 31.9 Å². The Morgan fingerprint density at radius 1 is 0.917 bits per heavy atom. The van der Waals surface area contributed by atoms with Crippen LogP contribution in [0.25, 0.3) is 28.1 Å². The summed E-state index contributed by atoms with van der Waals surface area (Å²) in [6.07, 6.45) is 2.94. The van der Waals surface area contributed by atoms with E-state index < -0.39 is 9.84 Å². The minimum atomic E-state index is -3.38. The average Bonchev–Trinajstić information content (AvgIpc) is 2.84. The largest absolute Gasteiger partial charge is 0.355 e. The van der Waals surface area contributed by atoms with Crippen LogP contribution in [0.4, 0.5) is 5.69 Å². The van der Waals surface area contributed by atoms with Crippen molar-refractivity contribution >= 4 is 32.8 Å². The van der Waals surface area contributed by atoms with Crippen LogP contribution in [0.5, 0.6) is 0 Å². The number of nitrogens with zero attached hydrogens (tertiary/aromatic N) is 1. The molecule has 0 aliphatic heterocycles. The van der Waals surface area contributed by atoms with Gasteiger partial charge in [-0.3, -0.25) is 4.98 Å². The van der Waals surface area contributed by atoms with E-state index in [1.165, 1.54) is 11.8 Å². The molecule has 184 valence electrons. The average molecular weight is 517 g/mol. The van der Waals surface area contributed by atoms with Gasteiger partial charge in [0, 0.05) is 35.0 Å². The monoisotopic (exact) mass is 516 g/mol. The van der Waals surface area contributed by atoms with E-state index >= 15 is 0 Å². The molecular formula is C30H29ClN2O2S. The summed E-state index contributed by atoms with van der Waals surface area (Å²) < 4.78 is 24.6. The highest BCUT2D eigenvalue weighted by Crippen LogP contribution is 2.35. The number of pyridine rings is 1. The minimum absolute atomic E-state index is 0.0149. The number of sulfone groups is 1. The van der Waals surface area contributed by atoms with Crippen molar-refractivity contribution in [3.05, 3.63) is 108 Å². The molecule has 4 rings (SSSR count). The molecule has 1 aromatic heterocycles. The van der Waals surface area contributed by atoms with E-state index in [2.05, 4.69) is 49.8 Å². The van der Waals surface area contributed by atoms with Gasteiger partial charge >= 0.3 is 0 Å². The second kappa shape index (κ2) is 9.92. The molecule has 0 unspecified atom stereocenters. The van der Waals surface area contributed by atoms with Crippen molar-refractivity contribution in [2.75, 3.05) is 11.6 Å². The lowest BCUT2D eigenvalue weighted by Gasteiger charge is -2.20. The summed E-state index contributed by atoms with van der Waals surface area (Å²) in [6, 6.07) is 24.7. The fourth-order valence-corrected chi connectivity index (χ4v) is 4.83. The highest BCUT2D eigenvalue weighted by Gasteiger charge is 2.17. The van der Waals surface area contributed by atoms with Crippen LogP contribution >= 0.6 is 11.6 Å². The molecule has 36 heavy (non-hydrogen) atoms. The molecule has 0 saturated carbocycles. The van der Waals surface area contributed by atoms with E-state index in [0.29, 0.717) is 10.7 Å². The minimum Gasteiger partial charge on any atom is -0.355 e. The fraction of sp³-hybridized carbons (Fsp3) is 0.167. The van der Waals surface area contributed by atoms with Crippen molar-refractivity contribution in [3.8, 4) is 22.4 Å². The predicted octanol–water partition coefficient (Wildman–Crippen LogP) is 7.85. The van der Waals surface area contributed by atoms with E-state index in [1.54, 1.807) is 24.4 Å². The first-order valence-electron chi connectivity index (χ1n) is 11.6. The Morgan fingerprint density at radius 2 is 1.64 bits per heavy atom. The zero-order valence-corrected chi connectivity index (χ0v) is 22.4. The molecule has 0 aliphatic rings. The Kier molecular flexibility index (Phi) is 7.07. The molecule has 0 spiro atoms. The molecule has 4 nitrogen and oxygen atoms in total. The van der Waals surface area contributed by atoms with Crippen LogP contribution in [0, 0.1) is 0 Å². The SMILES string of the molecule is C=C(Nc1ccc(Cl)c(-c2ccccn2)c1)c1ccc(S(C)(=O)=O)cc1-c1ccc(C(C)(C)C)cc1. The molecular weight excluding hydrogens is 488 g/mol. The van der Waals surface area contributed by atoms with Crippen LogP contribution in [-0.4, -0.2) is 19.7 Å². The maximum atomic E-state index is 12.3. The van der Waals surface area contributed by atoms with E-state index in [1.807, 2.05) is 48.5 Å². The van der Waals surface area contributed by atoms with Crippen molar-refractivity contribution in [2.45, 2.75) is 31.1 Å². The third kappa shape index (κ3) is 5.69. The summed E-state index contributed by atoms with van der Waals surface area (Å²) in [5, 5.41) is 3.97. The zero-order valence-electron chi connectivity index (χ0n) is 20.8. The molecule has 1 N–H and O–H groups in total. The maximum absolute atomic E-state index is 12.3. The number of hydrogen-bond donors (Lipinski definition) is 1. The molecule has 0 fully saturated rings. The molecule has 0 amide bonds. The lowest BCUT2D eigenvalue weighted by Crippen LogP contribution is -2.10. The summed E-state index contributed by atoms with van der Waals surface area (Å²) in [5.41, 5.74) is 6.74. The van der Waals surface area contributed by atoms with Crippen molar-refractivity contribution in [1.82, 2.24) is 4.98 Å². The molecule has 0 bridgehead atoms. The molecule has 0 saturated heterocycles. The van der Waals surface area contributed by atoms with Gasteiger partial charge in [0.15, 0.2) is 9.84 Å². The van der Waals surface area contributed by atoms with Gasteiger partial charge in [-0.05, 0) is 64.6 Å². The lowest BCUT2D eigenvalue weighted by atomic mass is 9.86. The van der Waals surface area contributed by atoms with Gasteiger partial charge in [0.05, 0.1) is 15.6 Å². The van der Waals surface area contributed by atoms with E-state index in [-0.39, 0.29) is 10.3 Å². The summed E-state index contributed by atoms with van der Waals surface area (Å²) in [7, 11) is -3.38. The summed E-state index contributed by atoms with van der Waals surface area (Å²) >= 11 is 6.45. The topological polar surface area (TPSA) is 59.1 Å². The third-order valence-corrected chi connectivity index (χ3v) is 7.45. The van der Waals surface area contributed by atoms with Crippen LogP contribution in [0.15, 0.2) is 96.5 Å². The molecule has 3 aromatic carbocycles. The van der Waals surface area contributed by atoms with Crippen LogP contribution in [-0.2, 0) is 15.3 Å². The number of hydrogen-bond acceptors (Lipinski definition) is 4. The first-order chi connectivity index (χ1) is 16.9. The van der Waals surface area contributed by atoms with Gasteiger partial charge in [-0.25, -0.2) is 8.42 Å². The Morgan fingerprint density at radius 3 is 2.25 bits per heavy atom. The number of halogens is 1. The summed E-state index contributed by atoms with van der Waals surface area (Å²) in [6.45, 7) is 10.8. The highest BCUT2D eigenvalue weighted by atomic mass is 35.5. The van der Waals surface area contributed by atoms with Crippen molar-refractivity contribution in [3.63, 3.8) is 0 Å². The van der Waals surface area contributed by atoms with Gasteiger partial charge in [-0.1, -0.05) is 75.3 Å². The second-order valence-electron chi connectivity index (χ2n) is 9.82. The second-order valence-corrected chi connectivity index (χ2v) is 12.2. The molecule has 4 aromatic rings. The van der Waals surface area contributed by atoms with Gasteiger partial charge in [-0.2, -0.15) is 0 Å². The number of aromatic nitrogens is 1. The smallest absolute Gasteiger partial charge is 0.175 e. The Balaban J connectivity index is 1.74. The van der Waals surface area contributed by atoms with Crippen molar-refractivity contribution < 1.29 is 8.42 Å². The molecule has 1 heterocycles. The van der Waals surface area contributed by atoms with Crippen LogP contribution in [0.3, 0.4) is 0 Å². The van der Waals surface area contributed by atoms with Gasteiger partial charge in [0.2, 0.25) is 0 Å². The molecule has 0 atom stereocenters. The molecule has 0 radical (unpaired) electrons. The fourth-order valence-electron chi connectivity index (χ4n) is 3.97. The number of nitrogens with one attached hydrogen (secondary N) is 1. The summed E-state index contributed by atoms with van der Waals surface area (Å²) in [5.74, 6) is 0. The third-order valence-electron chi connectivity index (χ3n) is 6.01. The first kappa shape index (κ1) is 25.7. The van der Waals surface area contributed by atoms with Crippen molar-refractivity contribution in [1.29, 1.82) is 0 Å². The van der Waals surface area contributed by atoms with Gasteiger partial charge in [0.25, 0.3) is 0 Å². The summed E-state index contributed by atoms with van der Waals surface area (Å²) in [4.78, 5) is 4.67. The molecule has 0 aliphatic carbocycles. The number of anilines is 1. The van der Waals surface area contributed by atoms with Gasteiger partial charge < -0.3 is 5.32 Å². The Hall–Kier alpha value is -3.41. The van der Waals surface area contributed by atoms with Gasteiger partial charge in [-0.15, -0.1) is 0 Å². The lowest BCUT2D eigenvalue weighted by molar-refractivity contribution is 0.590. The van der Waals surface area contributed by atoms with Crippen LogP contribution < -0.4 is 5.32 Å². The number of rotatable bonds is 6. The van der Waals surface area contributed by atoms with Crippen LogP contribution in [0.2, 0.25) is 5.02 Å².